The van der Waals surface area contributed by atoms with Crippen LogP contribution in [0, 0.1) is 0 Å². The summed E-state index contributed by atoms with van der Waals surface area (Å²) in [5, 5.41) is 5.08. The molecule has 6 heteroatoms. The molecular formula is C19H17N3O3. The third-order valence-electron chi connectivity index (χ3n) is 4.38. The first-order valence-electron chi connectivity index (χ1n) is 8.02. The number of nitrogens with one attached hydrogen (secondary N) is 1. The number of benzene rings is 2. The van der Waals surface area contributed by atoms with E-state index < -0.39 is 6.04 Å². The average molecular weight is 335 g/mol. The molecule has 0 aliphatic carbocycles. The lowest BCUT2D eigenvalue weighted by molar-refractivity contribution is -0.128. The van der Waals surface area contributed by atoms with Gasteiger partial charge < -0.3 is 5.32 Å². The molecule has 4 rings (SSSR count). The van der Waals surface area contributed by atoms with Gasteiger partial charge in [0.15, 0.2) is 0 Å². The summed E-state index contributed by atoms with van der Waals surface area (Å²) in [5.41, 5.74) is 2.30. The molecule has 0 bridgehead atoms. The quantitative estimate of drug-likeness (QED) is 0.793. The highest BCUT2D eigenvalue weighted by atomic mass is 16.7. The highest BCUT2D eigenvalue weighted by Gasteiger charge is 2.40. The van der Waals surface area contributed by atoms with Crippen molar-refractivity contribution in [2.45, 2.75) is 12.5 Å². The monoisotopic (exact) mass is 335 g/mol. The van der Waals surface area contributed by atoms with Gasteiger partial charge in [0.2, 0.25) is 5.91 Å². The van der Waals surface area contributed by atoms with Crippen LogP contribution in [0.4, 0.5) is 10.5 Å². The molecule has 1 N–H and O–H groups in total. The molecular weight excluding hydrogens is 318 g/mol. The van der Waals surface area contributed by atoms with Crippen molar-refractivity contribution in [1.82, 2.24) is 9.63 Å². The van der Waals surface area contributed by atoms with E-state index in [9.17, 15) is 9.59 Å². The van der Waals surface area contributed by atoms with Crippen molar-refractivity contribution < 1.29 is 14.4 Å². The topological polar surface area (TPSA) is 63.6 Å². The van der Waals surface area contributed by atoms with Gasteiger partial charge in [-0.1, -0.05) is 36.4 Å². The SMILES string of the molecule is CON1C(=O)n2c(cc3ccccc32)C1CC(=O)Nc1ccccc1. The molecule has 1 aromatic heterocycles. The van der Waals surface area contributed by atoms with Gasteiger partial charge in [0.1, 0.15) is 6.04 Å². The fraction of sp³-hybridized carbons (Fsp3) is 0.158. The largest absolute Gasteiger partial charge is 0.353 e. The Balaban J connectivity index is 1.65. The van der Waals surface area contributed by atoms with Crippen LogP contribution in [0.2, 0.25) is 0 Å². The zero-order valence-electron chi connectivity index (χ0n) is 13.7. The van der Waals surface area contributed by atoms with Crippen LogP contribution in [0.25, 0.3) is 10.9 Å². The van der Waals surface area contributed by atoms with Crippen molar-refractivity contribution in [3.63, 3.8) is 0 Å². The number of amides is 2. The Hall–Kier alpha value is -3.12. The molecule has 3 aromatic rings. The molecule has 2 aromatic carbocycles. The molecule has 126 valence electrons. The number of carbonyl (C=O) groups is 2. The number of rotatable bonds is 4. The fourth-order valence-corrected chi connectivity index (χ4v) is 3.29. The summed E-state index contributed by atoms with van der Waals surface area (Å²) in [6.45, 7) is 0. The molecule has 25 heavy (non-hydrogen) atoms. The molecule has 0 fully saturated rings. The lowest BCUT2D eigenvalue weighted by Gasteiger charge is -2.20. The molecule has 0 spiro atoms. The molecule has 1 unspecified atom stereocenters. The molecule has 0 saturated heterocycles. The predicted molar refractivity (Wildman–Crippen MR) is 94.0 cm³/mol. The van der Waals surface area contributed by atoms with E-state index in [1.54, 1.807) is 4.57 Å². The van der Waals surface area contributed by atoms with Crippen LogP contribution in [-0.2, 0) is 9.63 Å². The van der Waals surface area contributed by atoms with Crippen molar-refractivity contribution in [2.24, 2.45) is 0 Å². The van der Waals surface area contributed by atoms with E-state index in [2.05, 4.69) is 5.32 Å². The Morgan fingerprint density at radius 1 is 1.12 bits per heavy atom. The van der Waals surface area contributed by atoms with E-state index >= 15 is 0 Å². The van der Waals surface area contributed by atoms with Crippen molar-refractivity contribution in [2.75, 3.05) is 12.4 Å². The lowest BCUT2D eigenvalue weighted by Crippen LogP contribution is -2.30. The fourth-order valence-electron chi connectivity index (χ4n) is 3.29. The maximum atomic E-state index is 12.7. The first-order chi connectivity index (χ1) is 12.2. The van der Waals surface area contributed by atoms with Crippen LogP contribution in [0.5, 0.6) is 0 Å². The van der Waals surface area contributed by atoms with Crippen molar-refractivity contribution in [3.8, 4) is 0 Å². The Morgan fingerprint density at radius 2 is 1.84 bits per heavy atom. The van der Waals surface area contributed by atoms with E-state index in [1.165, 1.54) is 12.2 Å². The number of nitrogens with zero attached hydrogens (tertiary/aromatic N) is 2. The molecule has 1 atom stereocenters. The number of carbonyl (C=O) groups excluding carboxylic acids is 2. The van der Waals surface area contributed by atoms with Crippen LogP contribution < -0.4 is 5.32 Å². The number of aromatic nitrogens is 1. The van der Waals surface area contributed by atoms with E-state index in [-0.39, 0.29) is 18.4 Å². The summed E-state index contributed by atoms with van der Waals surface area (Å²) in [7, 11) is 1.44. The Kier molecular flexibility index (Phi) is 3.74. The minimum atomic E-state index is -0.464. The molecule has 6 nitrogen and oxygen atoms in total. The number of anilines is 1. The zero-order chi connectivity index (χ0) is 17.4. The minimum absolute atomic E-state index is 0.116. The van der Waals surface area contributed by atoms with Gasteiger partial charge in [0.05, 0.1) is 24.7 Å². The average Bonchev–Trinajstić information content (AvgIpc) is 3.12. The zero-order valence-corrected chi connectivity index (χ0v) is 13.7. The van der Waals surface area contributed by atoms with Crippen molar-refractivity contribution in [1.29, 1.82) is 0 Å². The maximum Gasteiger partial charge on any atom is 0.353 e. The van der Waals surface area contributed by atoms with Gasteiger partial charge in [0.25, 0.3) is 0 Å². The second-order valence-corrected chi connectivity index (χ2v) is 5.89. The summed E-state index contributed by atoms with van der Waals surface area (Å²) < 4.78 is 1.61. The van der Waals surface area contributed by atoms with Crippen LogP contribution in [0.3, 0.4) is 0 Å². The third-order valence-corrected chi connectivity index (χ3v) is 4.38. The Bertz CT molecular complexity index is 949. The molecule has 2 amide bonds. The molecule has 1 aliphatic rings. The maximum absolute atomic E-state index is 12.7. The second kappa shape index (κ2) is 6.07. The number of hydroxylamine groups is 2. The second-order valence-electron chi connectivity index (χ2n) is 5.89. The van der Waals surface area contributed by atoms with E-state index in [0.29, 0.717) is 0 Å². The van der Waals surface area contributed by atoms with Gasteiger partial charge in [-0.15, -0.1) is 0 Å². The van der Waals surface area contributed by atoms with Crippen LogP contribution in [-0.4, -0.2) is 28.7 Å². The van der Waals surface area contributed by atoms with Crippen LogP contribution >= 0.6 is 0 Å². The van der Waals surface area contributed by atoms with Gasteiger partial charge in [-0.05, 0) is 24.3 Å². The molecule has 0 radical (unpaired) electrons. The van der Waals surface area contributed by atoms with E-state index in [1.807, 2.05) is 60.7 Å². The molecule has 0 saturated carbocycles. The van der Waals surface area contributed by atoms with Gasteiger partial charge >= 0.3 is 6.03 Å². The summed E-state index contributed by atoms with van der Waals surface area (Å²) in [5.74, 6) is -0.176. The number of hydrogen-bond donors (Lipinski definition) is 1. The standard InChI is InChI=1S/C19H17N3O3/c1-25-22-17(12-18(23)20-14-8-3-2-4-9-14)16-11-13-7-5-6-10-15(13)21(16)19(22)24/h2-11,17H,12H2,1H3,(H,20,23). The first kappa shape index (κ1) is 15.4. The normalized spacial score (nSPS) is 16.3. The smallest absolute Gasteiger partial charge is 0.326 e. The lowest BCUT2D eigenvalue weighted by atomic mass is 10.1. The highest BCUT2D eigenvalue weighted by Crippen LogP contribution is 2.37. The number of hydrogen-bond acceptors (Lipinski definition) is 3. The van der Waals surface area contributed by atoms with Crippen molar-refractivity contribution >= 4 is 28.5 Å². The third kappa shape index (κ3) is 2.56. The number of para-hydroxylation sites is 2. The summed E-state index contributed by atoms with van der Waals surface area (Å²) in [4.78, 5) is 30.4. The summed E-state index contributed by atoms with van der Waals surface area (Å²) in [6.07, 6.45) is 0.116. The predicted octanol–water partition coefficient (Wildman–Crippen LogP) is 3.56. The number of fused-ring (bicyclic) bond motifs is 3. The van der Waals surface area contributed by atoms with Gasteiger partial charge in [0, 0.05) is 11.1 Å². The van der Waals surface area contributed by atoms with E-state index in [4.69, 9.17) is 4.84 Å². The van der Waals surface area contributed by atoms with Crippen LogP contribution in [0.15, 0.2) is 60.7 Å². The molecule has 2 heterocycles. The van der Waals surface area contributed by atoms with Gasteiger partial charge in [-0.25, -0.2) is 4.79 Å². The van der Waals surface area contributed by atoms with E-state index in [0.717, 1.165) is 22.3 Å². The summed E-state index contributed by atoms with van der Waals surface area (Å²) >= 11 is 0. The minimum Gasteiger partial charge on any atom is -0.326 e. The highest BCUT2D eigenvalue weighted by molar-refractivity contribution is 5.97. The van der Waals surface area contributed by atoms with Crippen molar-refractivity contribution in [3.05, 3.63) is 66.4 Å². The van der Waals surface area contributed by atoms with Crippen LogP contribution in [0.1, 0.15) is 18.2 Å². The Morgan fingerprint density at radius 3 is 2.60 bits per heavy atom. The first-order valence-corrected chi connectivity index (χ1v) is 8.02. The Labute approximate surface area is 144 Å². The molecule has 1 aliphatic heterocycles. The van der Waals surface area contributed by atoms with Gasteiger partial charge in [-0.3, -0.25) is 14.2 Å². The van der Waals surface area contributed by atoms with Gasteiger partial charge in [-0.2, -0.15) is 5.06 Å². The summed E-state index contributed by atoms with van der Waals surface area (Å²) in [6, 6.07) is 18.1.